The SMILES string of the molecule is Cn1nc(C(=O)O)c2c1CCN(S(=O)(=O)c1cccs1)C2. The third-order valence-electron chi connectivity index (χ3n) is 3.50. The Hall–Kier alpha value is -1.71. The van der Waals surface area contributed by atoms with Gasteiger partial charge in [0.2, 0.25) is 0 Å². The van der Waals surface area contributed by atoms with Gasteiger partial charge in [-0.1, -0.05) is 6.07 Å². The fourth-order valence-corrected chi connectivity index (χ4v) is 5.04. The van der Waals surface area contributed by atoms with Crippen LogP contribution in [0.3, 0.4) is 0 Å². The zero-order valence-electron chi connectivity index (χ0n) is 11.2. The highest BCUT2D eigenvalue weighted by atomic mass is 32.2. The molecule has 21 heavy (non-hydrogen) atoms. The van der Waals surface area contributed by atoms with Crippen molar-refractivity contribution in [3.63, 3.8) is 0 Å². The van der Waals surface area contributed by atoms with E-state index < -0.39 is 16.0 Å². The van der Waals surface area contributed by atoms with Gasteiger partial charge >= 0.3 is 5.97 Å². The number of hydrogen-bond donors (Lipinski definition) is 1. The summed E-state index contributed by atoms with van der Waals surface area (Å²) < 4.78 is 28.1. The summed E-state index contributed by atoms with van der Waals surface area (Å²) in [6, 6.07) is 3.23. The van der Waals surface area contributed by atoms with E-state index in [9.17, 15) is 18.3 Å². The number of carbonyl (C=O) groups is 1. The summed E-state index contributed by atoms with van der Waals surface area (Å²) in [6.07, 6.45) is 0.455. The zero-order valence-corrected chi connectivity index (χ0v) is 12.8. The first-order valence-electron chi connectivity index (χ1n) is 6.23. The minimum atomic E-state index is -3.57. The summed E-state index contributed by atoms with van der Waals surface area (Å²) in [5.41, 5.74) is 1.19. The maximum atomic E-state index is 12.5. The monoisotopic (exact) mass is 327 g/mol. The molecule has 0 aromatic carbocycles. The third-order valence-corrected chi connectivity index (χ3v) is 6.72. The molecular weight excluding hydrogens is 314 g/mol. The van der Waals surface area contributed by atoms with Crippen molar-refractivity contribution in [1.29, 1.82) is 0 Å². The van der Waals surface area contributed by atoms with Crippen LogP contribution in [0.1, 0.15) is 21.7 Å². The summed E-state index contributed by atoms with van der Waals surface area (Å²) in [5, 5.41) is 14.9. The molecule has 3 heterocycles. The number of aromatic carboxylic acids is 1. The van der Waals surface area contributed by atoms with Crippen LogP contribution in [0.5, 0.6) is 0 Å². The fraction of sp³-hybridized carbons (Fsp3) is 0.333. The van der Waals surface area contributed by atoms with E-state index in [0.717, 1.165) is 17.0 Å². The summed E-state index contributed by atoms with van der Waals surface area (Å²) in [5.74, 6) is -1.14. The topological polar surface area (TPSA) is 92.5 Å². The molecule has 0 radical (unpaired) electrons. The van der Waals surface area contributed by atoms with Crippen molar-refractivity contribution in [2.75, 3.05) is 6.54 Å². The molecule has 0 atom stereocenters. The van der Waals surface area contributed by atoms with Crippen molar-refractivity contribution in [3.8, 4) is 0 Å². The van der Waals surface area contributed by atoms with Gasteiger partial charge in [0.25, 0.3) is 10.0 Å². The first-order chi connectivity index (χ1) is 9.91. The van der Waals surface area contributed by atoms with Crippen LogP contribution in [0.2, 0.25) is 0 Å². The Kier molecular flexibility index (Phi) is 3.34. The molecule has 7 nitrogen and oxygen atoms in total. The van der Waals surface area contributed by atoms with Gasteiger partial charge in [-0.15, -0.1) is 11.3 Å². The lowest BCUT2D eigenvalue weighted by atomic mass is 10.1. The van der Waals surface area contributed by atoms with Crippen molar-refractivity contribution in [1.82, 2.24) is 14.1 Å². The lowest BCUT2D eigenvalue weighted by Gasteiger charge is -2.26. The van der Waals surface area contributed by atoms with Gasteiger partial charge in [0.15, 0.2) is 5.69 Å². The molecular formula is C12H13N3O4S2. The molecule has 1 N–H and O–H groups in total. The molecule has 0 amide bonds. The highest BCUT2D eigenvalue weighted by Crippen LogP contribution is 2.28. The van der Waals surface area contributed by atoms with Crippen LogP contribution in [0, 0.1) is 0 Å². The zero-order chi connectivity index (χ0) is 15.2. The molecule has 0 saturated carbocycles. The molecule has 0 aliphatic carbocycles. The van der Waals surface area contributed by atoms with Crippen LogP contribution in [-0.4, -0.2) is 40.1 Å². The van der Waals surface area contributed by atoms with Crippen molar-refractivity contribution in [3.05, 3.63) is 34.5 Å². The molecule has 1 aliphatic heterocycles. The molecule has 2 aromatic rings. The molecule has 0 spiro atoms. The van der Waals surface area contributed by atoms with E-state index in [2.05, 4.69) is 5.10 Å². The molecule has 3 rings (SSSR count). The molecule has 0 saturated heterocycles. The lowest BCUT2D eigenvalue weighted by Crippen LogP contribution is -2.36. The third kappa shape index (κ3) is 2.27. The summed E-state index contributed by atoms with van der Waals surface area (Å²) in [6.45, 7) is 0.372. The van der Waals surface area contributed by atoms with Gasteiger partial charge in [-0.3, -0.25) is 4.68 Å². The molecule has 0 bridgehead atoms. The van der Waals surface area contributed by atoms with Crippen molar-refractivity contribution < 1.29 is 18.3 Å². The summed E-state index contributed by atoms with van der Waals surface area (Å²) >= 11 is 1.15. The Morgan fingerprint density at radius 3 is 2.86 bits per heavy atom. The number of carboxylic acids is 1. The van der Waals surface area contributed by atoms with E-state index in [1.54, 1.807) is 24.6 Å². The first kappa shape index (κ1) is 14.2. The summed E-state index contributed by atoms with van der Waals surface area (Å²) in [4.78, 5) is 11.2. The fourth-order valence-electron chi connectivity index (χ4n) is 2.48. The van der Waals surface area contributed by atoms with E-state index in [1.807, 2.05) is 0 Å². The number of hydrogen-bond acceptors (Lipinski definition) is 5. The Balaban J connectivity index is 2.00. The van der Waals surface area contributed by atoms with Crippen LogP contribution in [0.25, 0.3) is 0 Å². The standard InChI is InChI=1S/C12H13N3O4S2/c1-14-9-4-5-15(7-8(9)11(13-14)12(16)17)21(18,19)10-3-2-6-20-10/h2-3,6H,4-5,7H2,1H3,(H,16,17). The largest absolute Gasteiger partial charge is 0.476 e. The molecule has 0 fully saturated rings. The van der Waals surface area contributed by atoms with E-state index in [0.29, 0.717) is 18.5 Å². The van der Waals surface area contributed by atoms with Crippen LogP contribution in [0.15, 0.2) is 21.7 Å². The first-order valence-corrected chi connectivity index (χ1v) is 8.55. The minimum absolute atomic E-state index is 0.0467. The number of aryl methyl sites for hydroxylation is 1. The maximum absolute atomic E-state index is 12.5. The number of fused-ring (bicyclic) bond motifs is 1. The highest BCUT2D eigenvalue weighted by Gasteiger charge is 2.33. The smallest absolute Gasteiger partial charge is 0.356 e. The van der Waals surface area contributed by atoms with Gasteiger partial charge in [-0.25, -0.2) is 13.2 Å². The number of rotatable bonds is 3. The Morgan fingerprint density at radius 2 is 2.24 bits per heavy atom. The number of nitrogens with zero attached hydrogens (tertiary/aromatic N) is 3. The number of carboxylic acid groups (broad SMARTS) is 1. The summed E-state index contributed by atoms with van der Waals surface area (Å²) in [7, 11) is -1.90. The van der Waals surface area contributed by atoms with E-state index >= 15 is 0 Å². The Labute approximate surface area is 125 Å². The van der Waals surface area contributed by atoms with Crippen molar-refractivity contribution >= 4 is 27.3 Å². The van der Waals surface area contributed by atoms with Gasteiger partial charge in [-0.2, -0.15) is 9.40 Å². The van der Waals surface area contributed by atoms with Crippen LogP contribution in [-0.2, 0) is 30.0 Å². The second-order valence-corrected chi connectivity index (χ2v) is 7.84. The van der Waals surface area contributed by atoms with E-state index in [-0.39, 0.29) is 16.4 Å². The normalized spacial score (nSPS) is 15.9. The van der Waals surface area contributed by atoms with Gasteiger partial charge in [0.05, 0.1) is 0 Å². The van der Waals surface area contributed by atoms with E-state index in [1.165, 1.54) is 8.99 Å². The van der Waals surface area contributed by atoms with Crippen molar-refractivity contribution in [2.24, 2.45) is 7.05 Å². The average Bonchev–Trinajstić information content (AvgIpc) is 3.07. The van der Waals surface area contributed by atoms with Crippen molar-refractivity contribution in [2.45, 2.75) is 17.2 Å². The van der Waals surface area contributed by atoms with Crippen LogP contribution >= 0.6 is 11.3 Å². The van der Waals surface area contributed by atoms with Gasteiger partial charge in [-0.05, 0) is 11.4 Å². The highest BCUT2D eigenvalue weighted by molar-refractivity contribution is 7.91. The molecule has 0 unspecified atom stereocenters. The van der Waals surface area contributed by atoms with Gasteiger partial charge in [0, 0.05) is 37.8 Å². The van der Waals surface area contributed by atoms with Gasteiger partial charge in [0.1, 0.15) is 4.21 Å². The van der Waals surface area contributed by atoms with Crippen LogP contribution < -0.4 is 0 Å². The van der Waals surface area contributed by atoms with Gasteiger partial charge < -0.3 is 5.11 Å². The molecule has 112 valence electrons. The minimum Gasteiger partial charge on any atom is -0.476 e. The van der Waals surface area contributed by atoms with Crippen LogP contribution in [0.4, 0.5) is 0 Å². The quantitative estimate of drug-likeness (QED) is 0.905. The Bertz CT molecular complexity index is 793. The predicted molar refractivity (Wildman–Crippen MR) is 75.8 cm³/mol. The number of aromatic nitrogens is 2. The number of thiophene rings is 1. The second kappa shape index (κ2) is 4.93. The second-order valence-electron chi connectivity index (χ2n) is 4.72. The molecule has 2 aromatic heterocycles. The average molecular weight is 327 g/mol. The Morgan fingerprint density at radius 1 is 1.48 bits per heavy atom. The molecule has 1 aliphatic rings. The maximum Gasteiger partial charge on any atom is 0.356 e. The predicted octanol–water partition coefficient (Wildman–Crippen LogP) is 0.927. The lowest BCUT2D eigenvalue weighted by molar-refractivity contribution is 0.0687. The number of sulfonamides is 1. The van der Waals surface area contributed by atoms with E-state index in [4.69, 9.17) is 0 Å². The molecule has 9 heteroatoms.